The quantitative estimate of drug-likeness (QED) is 0.799. The normalized spacial score (nSPS) is 10.1. The Bertz CT molecular complexity index is 1030. The van der Waals surface area contributed by atoms with Gasteiger partial charge in [0.25, 0.3) is 5.91 Å². The molecule has 1 heterocycles. The van der Waals surface area contributed by atoms with Crippen LogP contribution in [0.5, 0.6) is 0 Å². The number of amides is 1. The van der Waals surface area contributed by atoms with Crippen LogP contribution in [0.2, 0.25) is 0 Å². The molecule has 3 aromatic rings. The molecule has 0 saturated carbocycles. The molecular weight excluding hydrogens is 316 g/mol. The number of nitrogens with zero attached hydrogens (tertiary/aromatic N) is 3. The van der Waals surface area contributed by atoms with Crippen molar-refractivity contribution >= 4 is 11.6 Å². The van der Waals surface area contributed by atoms with Gasteiger partial charge in [-0.1, -0.05) is 24.3 Å². The zero-order chi connectivity index (χ0) is 17.8. The number of hydrogen-bond donors (Lipinski definition) is 1. The maximum absolute atomic E-state index is 12.5. The molecule has 1 amide bonds. The first kappa shape index (κ1) is 16.1. The molecule has 0 unspecified atom stereocenters. The second-order valence-electron chi connectivity index (χ2n) is 5.39. The van der Waals surface area contributed by atoms with E-state index in [9.17, 15) is 9.59 Å². The molecular formula is C19H14N4O2. The Morgan fingerprint density at radius 1 is 1.12 bits per heavy atom. The average Bonchev–Trinajstić information content (AvgIpc) is 2.62. The van der Waals surface area contributed by atoms with Gasteiger partial charge in [0.2, 0.25) is 5.43 Å². The number of carbonyl (C=O) groups excluding carboxylic acids is 1. The Kier molecular flexibility index (Phi) is 4.40. The molecule has 1 N–H and O–H groups in total. The highest BCUT2D eigenvalue weighted by Crippen LogP contribution is 2.12. The van der Waals surface area contributed by atoms with E-state index < -0.39 is 11.3 Å². The fourth-order valence-corrected chi connectivity index (χ4v) is 2.39. The number of nitriles is 1. The van der Waals surface area contributed by atoms with Gasteiger partial charge in [-0.25, -0.2) is 4.68 Å². The molecule has 0 fully saturated rings. The number of rotatable bonds is 3. The summed E-state index contributed by atoms with van der Waals surface area (Å²) in [7, 11) is 0. The fraction of sp³-hybridized carbons (Fsp3) is 0.0526. The molecule has 0 aliphatic rings. The van der Waals surface area contributed by atoms with E-state index in [-0.39, 0.29) is 5.69 Å². The maximum atomic E-state index is 12.5. The zero-order valence-corrected chi connectivity index (χ0v) is 13.4. The van der Waals surface area contributed by atoms with Crippen molar-refractivity contribution in [2.75, 3.05) is 5.32 Å². The number of nitrogens with one attached hydrogen (secondary N) is 1. The minimum Gasteiger partial charge on any atom is -0.320 e. The monoisotopic (exact) mass is 330 g/mol. The lowest BCUT2D eigenvalue weighted by Gasteiger charge is -2.11. The van der Waals surface area contributed by atoms with Gasteiger partial charge in [-0.3, -0.25) is 9.59 Å². The molecule has 122 valence electrons. The van der Waals surface area contributed by atoms with Gasteiger partial charge in [-0.05, 0) is 37.3 Å². The smallest absolute Gasteiger partial charge is 0.280 e. The largest absolute Gasteiger partial charge is 0.320 e. The molecule has 0 radical (unpaired) electrons. The number of hydrogen-bond acceptors (Lipinski definition) is 4. The summed E-state index contributed by atoms with van der Waals surface area (Å²) in [4.78, 5) is 24.6. The topological polar surface area (TPSA) is 87.8 Å². The minimum absolute atomic E-state index is 0.211. The van der Waals surface area contributed by atoms with Gasteiger partial charge >= 0.3 is 0 Å². The molecule has 0 spiro atoms. The van der Waals surface area contributed by atoms with E-state index >= 15 is 0 Å². The van der Waals surface area contributed by atoms with Gasteiger partial charge < -0.3 is 5.32 Å². The molecule has 25 heavy (non-hydrogen) atoms. The highest BCUT2D eigenvalue weighted by atomic mass is 16.2. The van der Waals surface area contributed by atoms with Gasteiger partial charge in [-0.2, -0.15) is 10.4 Å². The molecule has 2 aromatic carbocycles. The summed E-state index contributed by atoms with van der Waals surface area (Å²) in [5, 5.41) is 15.7. The van der Waals surface area contributed by atoms with Crippen LogP contribution >= 0.6 is 0 Å². The third-order valence-corrected chi connectivity index (χ3v) is 3.57. The van der Waals surface area contributed by atoms with Gasteiger partial charge in [0, 0.05) is 17.4 Å². The van der Waals surface area contributed by atoms with Crippen molar-refractivity contribution in [3.63, 3.8) is 0 Å². The first-order chi connectivity index (χ1) is 12.1. The van der Waals surface area contributed by atoms with Crippen LogP contribution in [0.1, 0.15) is 21.7 Å². The maximum Gasteiger partial charge on any atom is 0.280 e. The first-order valence-electron chi connectivity index (χ1n) is 7.56. The number of benzene rings is 2. The lowest BCUT2D eigenvalue weighted by molar-refractivity contribution is 0.101. The van der Waals surface area contributed by atoms with Gasteiger partial charge in [0.1, 0.15) is 0 Å². The van der Waals surface area contributed by atoms with Crippen LogP contribution in [0.15, 0.2) is 65.5 Å². The minimum atomic E-state index is -0.621. The van der Waals surface area contributed by atoms with Gasteiger partial charge in [-0.15, -0.1) is 0 Å². The third-order valence-electron chi connectivity index (χ3n) is 3.57. The van der Waals surface area contributed by atoms with E-state index in [2.05, 4.69) is 10.4 Å². The number of aryl methyl sites for hydroxylation is 1. The van der Waals surface area contributed by atoms with Crippen LogP contribution in [0.3, 0.4) is 0 Å². The Balaban J connectivity index is 1.98. The van der Waals surface area contributed by atoms with Crippen molar-refractivity contribution in [3.8, 4) is 11.8 Å². The van der Waals surface area contributed by atoms with Crippen molar-refractivity contribution in [2.24, 2.45) is 0 Å². The molecule has 0 saturated heterocycles. The first-order valence-corrected chi connectivity index (χ1v) is 7.56. The van der Waals surface area contributed by atoms with Crippen LogP contribution in [-0.2, 0) is 0 Å². The molecule has 1 aromatic heterocycles. The summed E-state index contributed by atoms with van der Waals surface area (Å²) in [5.41, 5.74) is 1.55. The predicted octanol–water partition coefficient (Wildman–Crippen LogP) is 2.66. The summed E-state index contributed by atoms with van der Waals surface area (Å²) in [6.45, 7) is 1.75. The molecule has 0 aliphatic carbocycles. The Morgan fingerprint density at radius 3 is 2.60 bits per heavy atom. The molecule has 0 aliphatic heterocycles. The number of para-hydroxylation sites is 1. The van der Waals surface area contributed by atoms with Crippen LogP contribution in [0.4, 0.5) is 5.69 Å². The van der Waals surface area contributed by atoms with E-state index in [0.29, 0.717) is 16.9 Å². The molecule has 0 bridgehead atoms. The lowest BCUT2D eigenvalue weighted by Crippen LogP contribution is -2.26. The Labute approximate surface area is 144 Å². The summed E-state index contributed by atoms with van der Waals surface area (Å²) in [5.74, 6) is -0.621. The third kappa shape index (κ3) is 3.46. The zero-order valence-electron chi connectivity index (χ0n) is 13.4. The SMILES string of the molecule is Cc1cc(=O)c(C(=O)Nc2cccc(C#N)c2)nn1-c1ccccc1. The Hall–Kier alpha value is -3.72. The summed E-state index contributed by atoms with van der Waals surface area (Å²) < 4.78 is 1.54. The molecule has 6 heteroatoms. The molecule has 3 rings (SSSR count). The highest BCUT2D eigenvalue weighted by molar-refractivity contribution is 6.02. The van der Waals surface area contributed by atoms with E-state index in [1.807, 2.05) is 36.4 Å². The predicted molar refractivity (Wildman–Crippen MR) is 93.7 cm³/mol. The molecule has 0 atom stereocenters. The van der Waals surface area contributed by atoms with Crippen molar-refractivity contribution in [2.45, 2.75) is 6.92 Å². The van der Waals surface area contributed by atoms with Crippen molar-refractivity contribution < 1.29 is 4.79 Å². The van der Waals surface area contributed by atoms with E-state index in [0.717, 1.165) is 5.69 Å². The summed E-state index contributed by atoms with van der Waals surface area (Å²) in [6, 6.07) is 19.1. The van der Waals surface area contributed by atoms with E-state index in [4.69, 9.17) is 5.26 Å². The second-order valence-corrected chi connectivity index (χ2v) is 5.39. The highest BCUT2D eigenvalue weighted by Gasteiger charge is 2.15. The Morgan fingerprint density at radius 2 is 1.88 bits per heavy atom. The standard InChI is InChI=1S/C19H14N4O2/c1-13-10-17(24)18(22-23(13)16-8-3-2-4-9-16)19(25)21-15-7-5-6-14(11-15)12-20/h2-11H,1H3,(H,21,25). The lowest BCUT2D eigenvalue weighted by atomic mass is 10.2. The van der Waals surface area contributed by atoms with E-state index in [1.54, 1.807) is 29.8 Å². The number of carbonyl (C=O) groups is 1. The summed E-state index contributed by atoms with van der Waals surface area (Å²) in [6.07, 6.45) is 0. The van der Waals surface area contributed by atoms with Gasteiger partial charge in [0.05, 0.1) is 17.3 Å². The van der Waals surface area contributed by atoms with Crippen molar-refractivity contribution in [1.29, 1.82) is 5.26 Å². The van der Waals surface area contributed by atoms with Crippen LogP contribution in [-0.4, -0.2) is 15.7 Å². The van der Waals surface area contributed by atoms with Crippen LogP contribution in [0, 0.1) is 18.3 Å². The summed E-state index contributed by atoms with van der Waals surface area (Å²) >= 11 is 0. The number of anilines is 1. The van der Waals surface area contributed by atoms with Gasteiger partial charge in [0.15, 0.2) is 5.69 Å². The van der Waals surface area contributed by atoms with Crippen molar-refractivity contribution in [1.82, 2.24) is 9.78 Å². The van der Waals surface area contributed by atoms with Crippen LogP contribution in [0.25, 0.3) is 5.69 Å². The van der Waals surface area contributed by atoms with Crippen molar-refractivity contribution in [3.05, 3.63) is 87.8 Å². The van der Waals surface area contributed by atoms with E-state index in [1.165, 1.54) is 12.1 Å². The number of aromatic nitrogens is 2. The van der Waals surface area contributed by atoms with Crippen LogP contribution < -0.4 is 10.7 Å². The molecule has 6 nitrogen and oxygen atoms in total. The average molecular weight is 330 g/mol. The second kappa shape index (κ2) is 6.81. The fourth-order valence-electron chi connectivity index (χ4n) is 2.39.